The highest BCUT2D eigenvalue weighted by atomic mass is 16.7. The Morgan fingerprint density at radius 1 is 1.53 bits per heavy atom. The molecular formula is C9H18N2O4. The number of hydrogen-bond donors (Lipinski definition) is 3. The smallest absolute Gasteiger partial charge is 0.404 e. The third-order valence-electron chi connectivity index (χ3n) is 2.62. The maximum absolute atomic E-state index is 10.6. The highest BCUT2D eigenvalue weighted by Crippen LogP contribution is 2.22. The van der Waals surface area contributed by atoms with Crippen LogP contribution in [0.4, 0.5) is 4.79 Å². The summed E-state index contributed by atoms with van der Waals surface area (Å²) in [4.78, 5) is 10.6. The Kier molecular flexibility index (Phi) is 4.80. The fourth-order valence-corrected chi connectivity index (χ4v) is 1.89. The quantitative estimate of drug-likeness (QED) is 0.566. The molecule has 1 amide bonds. The van der Waals surface area contributed by atoms with Crippen LogP contribution in [0.25, 0.3) is 0 Å². The second-order valence-electron chi connectivity index (χ2n) is 3.62. The van der Waals surface area contributed by atoms with Crippen molar-refractivity contribution in [2.75, 3.05) is 21.0 Å². The number of ether oxygens (including phenoxy) is 2. The molecule has 6 heteroatoms. The predicted molar refractivity (Wildman–Crippen MR) is 53.8 cm³/mol. The van der Waals surface area contributed by atoms with E-state index < -0.39 is 6.09 Å². The molecule has 1 aliphatic rings. The van der Waals surface area contributed by atoms with Crippen molar-refractivity contribution in [1.82, 2.24) is 10.6 Å². The van der Waals surface area contributed by atoms with Gasteiger partial charge in [0.1, 0.15) is 6.79 Å². The van der Waals surface area contributed by atoms with Crippen LogP contribution in [0.5, 0.6) is 0 Å². The summed E-state index contributed by atoms with van der Waals surface area (Å²) in [6.07, 6.45) is 0.420. The lowest BCUT2D eigenvalue weighted by molar-refractivity contribution is -0.0764. The molecule has 0 radical (unpaired) electrons. The molecule has 0 aromatic carbocycles. The maximum atomic E-state index is 10.6. The zero-order chi connectivity index (χ0) is 11.3. The molecule has 1 saturated carbocycles. The van der Waals surface area contributed by atoms with Crippen molar-refractivity contribution in [3.8, 4) is 0 Å². The Morgan fingerprint density at radius 3 is 2.80 bits per heavy atom. The summed E-state index contributed by atoms with van der Waals surface area (Å²) in [6, 6.07) is 0.138. The molecule has 0 bridgehead atoms. The fourth-order valence-electron chi connectivity index (χ4n) is 1.89. The first kappa shape index (κ1) is 12.2. The van der Waals surface area contributed by atoms with Crippen molar-refractivity contribution in [2.45, 2.75) is 31.0 Å². The van der Waals surface area contributed by atoms with Gasteiger partial charge >= 0.3 is 6.09 Å². The first-order chi connectivity index (χ1) is 7.17. The van der Waals surface area contributed by atoms with E-state index in [4.69, 9.17) is 14.6 Å². The van der Waals surface area contributed by atoms with Gasteiger partial charge in [0.15, 0.2) is 0 Å². The molecule has 0 saturated heterocycles. The van der Waals surface area contributed by atoms with Crippen LogP contribution in [0.1, 0.15) is 12.8 Å². The van der Waals surface area contributed by atoms with Gasteiger partial charge < -0.3 is 25.2 Å². The Hall–Kier alpha value is -0.850. The van der Waals surface area contributed by atoms with Crippen molar-refractivity contribution in [3.63, 3.8) is 0 Å². The number of hydrogen-bond acceptors (Lipinski definition) is 4. The predicted octanol–water partition coefficient (Wildman–Crippen LogP) is -0.00650. The summed E-state index contributed by atoms with van der Waals surface area (Å²) in [5.74, 6) is 0. The highest BCUT2D eigenvalue weighted by molar-refractivity contribution is 5.65. The second-order valence-corrected chi connectivity index (χ2v) is 3.62. The fraction of sp³-hybridized carbons (Fsp3) is 0.889. The summed E-state index contributed by atoms with van der Waals surface area (Å²) in [7, 11) is 3.41. The topological polar surface area (TPSA) is 79.8 Å². The first-order valence-electron chi connectivity index (χ1n) is 4.94. The van der Waals surface area contributed by atoms with Crippen LogP contribution in [0.3, 0.4) is 0 Å². The largest absolute Gasteiger partial charge is 0.465 e. The van der Waals surface area contributed by atoms with Gasteiger partial charge in [-0.05, 0) is 19.9 Å². The van der Waals surface area contributed by atoms with Gasteiger partial charge in [-0.1, -0.05) is 0 Å². The van der Waals surface area contributed by atoms with Gasteiger partial charge in [-0.15, -0.1) is 0 Å². The summed E-state index contributed by atoms with van der Waals surface area (Å²) in [5.41, 5.74) is 0. The average Bonchev–Trinajstić information content (AvgIpc) is 2.56. The van der Waals surface area contributed by atoms with E-state index in [1.807, 2.05) is 7.05 Å². The van der Waals surface area contributed by atoms with Crippen LogP contribution in [-0.2, 0) is 9.47 Å². The minimum atomic E-state index is -1.01. The Morgan fingerprint density at radius 2 is 2.27 bits per heavy atom. The summed E-state index contributed by atoms with van der Waals surface area (Å²) >= 11 is 0. The van der Waals surface area contributed by atoms with Crippen LogP contribution in [-0.4, -0.2) is 50.3 Å². The standard InChI is InChI=1S/C9H18N2O4/c1-10-6-3-7(11-9(12)13)8(4-6)15-5-14-2/h6-8,10-11H,3-5H2,1-2H3,(H,12,13)/t6-,7+,8+/m0/s1. The normalized spacial score (nSPS) is 30.4. The van der Waals surface area contributed by atoms with E-state index in [0.29, 0.717) is 6.04 Å². The monoisotopic (exact) mass is 218 g/mol. The minimum Gasteiger partial charge on any atom is -0.465 e. The lowest BCUT2D eigenvalue weighted by Gasteiger charge is -2.18. The molecule has 1 aliphatic carbocycles. The van der Waals surface area contributed by atoms with E-state index in [1.54, 1.807) is 7.11 Å². The Balaban J connectivity index is 2.45. The summed E-state index contributed by atoms with van der Waals surface area (Å²) < 4.78 is 10.2. The van der Waals surface area contributed by atoms with Gasteiger partial charge in [0.05, 0.1) is 12.1 Å². The second kappa shape index (κ2) is 5.89. The first-order valence-corrected chi connectivity index (χ1v) is 4.94. The van der Waals surface area contributed by atoms with E-state index in [1.165, 1.54) is 0 Å². The molecule has 1 rings (SSSR count). The molecule has 1 fully saturated rings. The van der Waals surface area contributed by atoms with Crippen LogP contribution in [0.2, 0.25) is 0 Å². The molecule has 0 unspecified atom stereocenters. The molecule has 0 aromatic heterocycles. The van der Waals surface area contributed by atoms with Crippen LogP contribution >= 0.6 is 0 Å². The lowest BCUT2D eigenvalue weighted by atomic mass is 10.2. The number of amides is 1. The zero-order valence-corrected chi connectivity index (χ0v) is 9.03. The molecule has 88 valence electrons. The van der Waals surface area contributed by atoms with Gasteiger partial charge in [0.25, 0.3) is 0 Å². The van der Waals surface area contributed by atoms with E-state index in [2.05, 4.69) is 10.6 Å². The van der Waals surface area contributed by atoms with Gasteiger partial charge in [-0.3, -0.25) is 0 Å². The van der Waals surface area contributed by atoms with Gasteiger partial charge in [0, 0.05) is 13.2 Å². The molecule has 6 nitrogen and oxygen atoms in total. The molecular weight excluding hydrogens is 200 g/mol. The number of nitrogens with one attached hydrogen (secondary N) is 2. The maximum Gasteiger partial charge on any atom is 0.404 e. The van der Waals surface area contributed by atoms with Gasteiger partial charge in [-0.2, -0.15) is 0 Å². The van der Waals surface area contributed by atoms with Crippen molar-refractivity contribution in [1.29, 1.82) is 0 Å². The van der Waals surface area contributed by atoms with Crippen molar-refractivity contribution >= 4 is 6.09 Å². The van der Waals surface area contributed by atoms with Crippen LogP contribution in [0, 0.1) is 0 Å². The molecule has 0 spiro atoms. The summed E-state index contributed by atoms with van der Waals surface area (Å²) in [6.45, 7) is 0.193. The molecule has 0 aliphatic heterocycles. The van der Waals surface area contributed by atoms with E-state index in [-0.39, 0.29) is 18.9 Å². The average molecular weight is 218 g/mol. The molecule has 3 atom stereocenters. The number of methoxy groups -OCH3 is 1. The number of carbonyl (C=O) groups is 1. The third-order valence-corrected chi connectivity index (χ3v) is 2.62. The van der Waals surface area contributed by atoms with Gasteiger partial charge in [-0.25, -0.2) is 4.79 Å². The van der Waals surface area contributed by atoms with Crippen LogP contribution in [0.15, 0.2) is 0 Å². The minimum absolute atomic E-state index is 0.113. The van der Waals surface area contributed by atoms with E-state index >= 15 is 0 Å². The Bertz CT molecular complexity index is 212. The Labute approximate surface area is 88.9 Å². The highest BCUT2D eigenvalue weighted by Gasteiger charge is 2.35. The van der Waals surface area contributed by atoms with E-state index in [0.717, 1.165) is 12.8 Å². The molecule has 15 heavy (non-hydrogen) atoms. The van der Waals surface area contributed by atoms with Crippen molar-refractivity contribution < 1.29 is 19.4 Å². The zero-order valence-electron chi connectivity index (χ0n) is 9.03. The molecule has 0 heterocycles. The number of rotatable bonds is 5. The van der Waals surface area contributed by atoms with Gasteiger partial charge in [0.2, 0.25) is 0 Å². The number of carboxylic acid groups (broad SMARTS) is 1. The third kappa shape index (κ3) is 3.65. The van der Waals surface area contributed by atoms with Crippen molar-refractivity contribution in [2.24, 2.45) is 0 Å². The SMILES string of the molecule is CN[C@H]1C[C@@H](NC(=O)O)[C@H](OCOC)C1. The lowest BCUT2D eigenvalue weighted by Crippen LogP contribution is -2.40. The molecule has 3 N–H and O–H groups in total. The van der Waals surface area contributed by atoms with E-state index in [9.17, 15) is 4.79 Å². The molecule has 0 aromatic rings. The van der Waals surface area contributed by atoms with Crippen molar-refractivity contribution in [3.05, 3.63) is 0 Å². The van der Waals surface area contributed by atoms with Crippen LogP contribution < -0.4 is 10.6 Å². The summed E-state index contributed by atoms with van der Waals surface area (Å²) in [5, 5.41) is 14.2.